The summed E-state index contributed by atoms with van der Waals surface area (Å²) < 4.78 is 30.8. The fourth-order valence-electron chi connectivity index (χ4n) is 5.43. The number of carbonyl (C=O) groups excluding carboxylic acids is 1. The summed E-state index contributed by atoms with van der Waals surface area (Å²) in [5.74, 6) is -0.757. The molecule has 0 atom stereocenters. The summed E-state index contributed by atoms with van der Waals surface area (Å²) in [4.78, 5) is 30.2. The predicted molar refractivity (Wildman–Crippen MR) is 162 cm³/mol. The maximum absolute atomic E-state index is 13.8. The van der Waals surface area contributed by atoms with Crippen molar-refractivity contribution < 1.29 is 13.2 Å². The van der Waals surface area contributed by atoms with Crippen molar-refractivity contribution in [2.75, 3.05) is 0 Å². The van der Waals surface area contributed by atoms with Crippen LogP contribution in [0.25, 0.3) is 22.5 Å². The average Bonchev–Trinajstić information content (AvgIpc) is 3.24. The molecular formula is C32H26BrN3O4S. The quantitative estimate of drug-likeness (QED) is 0.247. The monoisotopic (exact) mass is 627 g/mol. The molecule has 0 radical (unpaired) electrons. The molecule has 6 rings (SSSR count). The van der Waals surface area contributed by atoms with E-state index in [4.69, 9.17) is 0 Å². The molecule has 0 unspecified atom stereocenters. The number of benzene rings is 3. The molecule has 2 aromatic heterocycles. The zero-order valence-electron chi connectivity index (χ0n) is 22.1. The second-order valence-corrected chi connectivity index (χ2v) is 12.6. The van der Waals surface area contributed by atoms with E-state index in [0.717, 1.165) is 27.8 Å². The zero-order chi connectivity index (χ0) is 28.7. The highest BCUT2D eigenvalue weighted by Gasteiger charge is 2.33. The molecular weight excluding hydrogens is 602 g/mol. The Balaban J connectivity index is 1.52. The number of halogens is 1. The van der Waals surface area contributed by atoms with Crippen molar-refractivity contribution in [3.63, 3.8) is 0 Å². The normalized spacial score (nSPS) is 12.4. The van der Waals surface area contributed by atoms with Gasteiger partial charge >= 0.3 is 0 Å². The number of hydrogen-bond donors (Lipinski definition) is 2. The number of hydrogen-bond acceptors (Lipinski definition) is 4. The van der Waals surface area contributed by atoms with Crippen molar-refractivity contribution in [2.24, 2.45) is 0 Å². The van der Waals surface area contributed by atoms with E-state index in [2.05, 4.69) is 25.6 Å². The molecule has 2 heterocycles. The third-order valence-corrected chi connectivity index (χ3v) is 9.51. The van der Waals surface area contributed by atoms with Gasteiger partial charge in [0.2, 0.25) is 0 Å². The molecule has 0 spiro atoms. The second-order valence-electron chi connectivity index (χ2n) is 10.1. The number of fused-ring (bicyclic) bond motifs is 3. The van der Waals surface area contributed by atoms with Gasteiger partial charge < -0.3 is 9.55 Å². The third-order valence-electron chi connectivity index (χ3n) is 7.31. The van der Waals surface area contributed by atoms with Crippen molar-refractivity contribution in [3.8, 4) is 22.5 Å². The molecule has 41 heavy (non-hydrogen) atoms. The number of H-pyrrole nitrogens is 1. The molecule has 1 aliphatic carbocycles. The van der Waals surface area contributed by atoms with E-state index >= 15 is 0 Å². The van der Waals surface area contributed by atoms with Crippen LogP contribution >= 0.6 is 15.9 Å². The van der Waals surface area contributed by atoms with Crippen molar-refractivity contribution in [1.29, 1.82) is 0 Å². The number of nitrogens with zero attached hydrogens (tertiary/aromatic N) is 1. The number of amides is 1. The van der Waals surface area contributed by atoms with Crippen LogP contribution in [0.3, 0.4) is 0 Å². The minimum atomic E-state index is -4.12. The second kappa shape index (κ2) is 10.6. The lowest BCUT2D eigenvalue weighted by atomic mass is 9.92. The SMILES string of the molecule is Cc1cccc(Cn2c(C(=O)NS(=O)(=O)c3ccccc3)c(Br)c3c2-c2[nH]c(=O)c(-c4ccccc4)cc2CC3)c1. The molecule has 7 nitrogen and oxygen atoms in total. The van der Waals surface area contributed by atoms with Gasteiger partial charge in [-0.15, -0.1) is 0 Å². The number of aromatic nitrogens is 2. The Morgan fingerprint density at radius 2 is 1.66 bits per heavy atom. The minimum Gasteiger partial charge on any atom is -0.330 e. The van der Waals surface area contributed by atoms with Crippen LogP contribution in [0, 0.1) is 6.92 Å². The summed E-state index contributed by atoms with van der Waals surface area (Å²) >= 11 is 3.63. The topological polar surface area (TPSA) is 101 Å². The van der Waals surface area contributed by atoms with Gasteiger partial charge in [-0.1, -0.05) is 78.4 Å². The van der Waals surface area contributed by atoms with Gasteiger partial charge in [0, 0.05) is 12.1 Å². The molecule has 2 N–H and O–H groups in total. The van der Waals surface area contributed by atoms with Crippen LogP contribution in [0.5, 0.6) is 0 Å². The van der Waals surface area contributed by atoms with Crippen LogP contribution in [0.2, 0.25) is 0 Å². The van der Waals surface area contributed by atoms with Crippen LogP contribution < -0.4 is 10.3 Å². The smallest absolute Gasteiger partial charge is 0.282 e. The van der Waals surface area contributed by atoms with Crippen LogP contribution in [0.4, 0.5) is 0 Å². The van der Waals surface area contributed by atoms with Crippen LogP contribution in [-0.4, -0.2) is 23.9 Å². The van der Waals surface area contributed by atoms with Gasteiger partial charge in [-0.2, -0.15) is 0 Å². The average molecular weight is 629 g/mol. The molecule has 3 aromatic carbocycles. The lowest BCUT2D eigenvalue weighted by molar-refractivity contribution is 0.0972. The van der Waals surface area contributed by atoms with Crippen LogP contribution in [0.15, 0.2) is 105 Å². The first-order valence-electron chi connectivity index (χ1n) is 13.1. The maximum atomic E-state index is 13.8. The Hall–Kier alpha value is -4.21. The highest BCUT2D eigenvalue weighted by molar-refractivity contribution is 9.10. The largest absolute Gasteiger partial charge is 0.330 e. The number of aromatic amines is 1. The molecule has 0 bridgehead atoms. The number of rotatable bonds is 6. The van der Waals surface area contributed by atoms with Crippen LogP contribution in [0.1, 0.15) is 32.7 Å². The van der Waals surface area contributed by atoms with Crippen molar-refractivity contribution >= 4 is 31.9 Å². The summed E-state index contributed by atoms with van der Waals surface area (Å²) in [7, 11) is -4.12. The lowest BCUT2D eigenvalue weighted by Gasteiger charge is -2.21. The van der Waals surface area contributed by atoms with Crippen molar-refractivity contribution in [2.45, 2.75) is 31.2 Å². The van der Waals surface area contributed by atoms with Gasteiger partial charge in [-0.05, 0) is 76.1 Å². The zero-order valence-corrected chi connectivity index (χ0v) is 24.6. The van der Waals surface area contributed by atoms with Gasteiger partial charge in [0.1, 0.15) is 5.69 Å². The Kier molecular flexibility index (Phi) is 7.01. The standard InChI is InChI=1S/C32H26BrN3O4S/c1-20-9-8-10-21(17-20)19-36-29-25(27(33)30(36)32(38)35-41(39,40)24-13-6-3-7-14-24)16-15-23-18-26(31(37)34-28(23)29)22-11-4-2-5-12-22/h2-14,17-18H,15-16,19H2,1H3,(H,34,37)(H,35,38). The first-order chi connectivity index (χ1) is 19.7. The highest BCUT2D eigenvalue weighted by atomic mass is 79.9. The van der Waals surface area contributed by atoms with Crippen molar-refractivity contribution in [1.82, 2.24) is 14.3 Å². The van der Waals surface area contributed by atoms with E-state index in [1.165, 1.54) is 12.1 Å². The minimum absolute atomic E-state index is 0.00542. The number of sulfonamides is 1. The number of aryl methyl sites for hydroxylation is 2. The summed E-state index contributed by atoms with van der Waals surface area (Å²) in [6.45, 7) is 2.29. The molecule has 9 heteroatoms. The first-order valence-corrected chi connectivity index (χ1v) is 15.4. The molecule has 0 aliphatic heterocycles. The number of pyridine rings is 1. The Morgan fingerprint density at radius 1 is 0.951 bits per heavy atom. The highest BCUT2D eigenvalue weighted by Crippen LogP contribution is 2.41. The third kappa shape index (κ3) is 5.07. The lowest BCUT2D eigenvalue weighted by Crippen LogP contribution is -2.32. The van der Waals surface area contributed by atoms with Gasteiger partial charge in [0.05, 0.1) is 20.8 Å². The predicted octanol–water partition coefficient (Wildman–Crippen LogP) is 5.85. The van der Waals surface area contributed by atoms with Crippen LogP contribution in [-0.2, 0) is 29.4 Å². The number of carbonyl (C=O) groups is 1. The molecule has 1 amide bonds. The van der Waals surface area contributed by atoms with E-state index in [1.54, 1.807) is 22.8 Å². The summed E-state index contributed by atoms with van der Waals surface area (Å²) in [5, 5.41) is 0. The molecule has 206 valence electrons. The van der Waals surface area contributed by atoms with Gasteiger partial charge in [0.25, 0.3) is 21.5 Å². The molecule has 5 aromatic rings. The van der Waals surface area contributed by atoms with E-state index in [1.807, 2.05) is 67.6 Å². The van der Waals surface area contributed by atoms with E-state index < -0.39 is 15.9 Å². The molecule has 0 fully saturated rings. The fraction of sp³-hybridized carbons (Fsp3) is 0.125. The summed E-state index contributed by atoms with van der Waals surface area (Å²) in [5.41, 5.74) is 6.46. The van der Waals surface area contributed by atoms with Gasteiger partial charge in [0.15, 0.2) is 0 Å². The molecule has 0 saturated carbocycles. The van der Waals surface area contributed by atoms with E-state index in [0.29, 0.717) is 40.8 Å². The van der Waals surface area contributed by atoms with Gasteiger partial charge in [-0.3, -0.25) is 9.59 Å². The summed E-state index contributed by atoms with van der Waals surface area (Å²) in [6, 6.07) is 27.1. The number of nitrogens with one attached hydrogen (secondary N) is 2. The fourth-order valence-corrected chi connectivity index (χ4v) is 7.18. The molecule has 1 aliphatic rings. The Morgan fingerprint density at radius 3 is 2.37 bits per heavy atom. The first kappa shape index (κ1) is 27.0. The van der Waals surface area contributed by atoms with E-state index in [9.17, 15) is 18.0 Å². The van der Waals surface area contributed by atoms with Crippen molar-refractivity contribution in [3.05, 3.63) is 134 Å². The molecule has 0 saturated heterocycles. The Bertz CT molecular complexity index is 1960. The van der Waals surface area contributed by atoms with E-state index in [-0.39, 0.29) is 16.1 Å². The van der Waals surface area contributed by atoms with Gasteiger partial charge in [-0.25, -0.2) is 13.1 Å². The Labute approximate surface area is 246 Å². The maximum Gasteiger partial charge on any atom is 0.282 e. The summed E-state index contributed by atoms with van der Waals surface area (Å²) in [6.07, 6.45) is 1.26.